The van der Waals surface area contributed by atoms with Crippen LogP contribution in [0.3, 0.4) is 0 Å². The van der Waals surface area contributed by atoms with Crippen LogP contribution < -0.4 is 5.32 Å². The van der Waals surface area contributed by atoms with Crippen LogP contribution >= 0.6 is 0 Å². The molecule has 0 spiro atoms. The minimum atomic E-state index is -0.0493. The van der Waals surface area contributed by atoms with Gasteiger partial charge in [-0.1, -0.05) is 13.8 Å². The van der Waals surface area contributed by atoms with Crippen molar-refractivity contribution in [2.45, 2.75) is 38.6 Å². The van der Waals surface area contributed by atoms with E-state index in [1.807, 2.05) is 0 Å². The Morgan fingerprint density at radius 3 is 2.14 bits per heavy atom. The molecule has 0 heterocycles. The number of aliphatic hydroxyl groups excluding tert-OH is 1. The van der Waals surface area contributed by atoms with Gasteiger partial charge in [-0.2, -0.15) is 0 Å². The van der Waals surface area contributed by atoms with Gasteiger partial charge in [0.2, 0.25) is 0 Å². The predicted molar refractivity (Wildman–Crippen MR) is 61.6 cm³/mol. The fourth-order valence-electron chi connectivity index (χ4n) is 1.53. The van der Waals surface area contributed by atoms with Crippen LogP contribution in [0.1, 0.15) is 33.1 Å². The molecular formula is C11H26N2O. The number of nitrogens with one attached hydrogen (secondary N) is 1. The SMILES string of the molecule is CCC(CC)(CO)NCCCN(C)C. The third kappa shape index (κ3) is 4.94. The highest BCUT2D eigenvalue weighted by atomic mass is 16.3. The lowest BCUT2D eigenvalue weighted by atomic mass is 9.94. The first-order valence-electron chi connectivity index (χ1n) is 5.61. The Kier molecular flexibility index (Phi) is 7.15. The van der Waals surface area contributed by atoms with Gasteiger partial charge in [-0.15, -0.1) is 0 Å². The van der Waals surface area contributed by atoms with Crippen LogP contribution in [-0.2, 0) is 0 Å². The first kappa shape index (κ1) is 13.9. The zero-order chi connectivity index (χ0) is 11.0. The van der Waals surface area contributed by atoms with Crippen LogP contribution in [0.4, 0.5) is 0 Å². The van der Waals surface area contributed by atoms with Gasteiger partial charge in [0.05, 0.1) is 6.61 Å². The molecule has 0 amide bonds. The van der Waals surface area contributed by atoms with Gasteiger partial charge >= 0.3 is 0 Å². The van der Waals surface area contributed by atoms with Crippen molar-refractivity contribution >= 4 is 0 Å². The lowest BCUT2D eigenvalue weighted by Gasteiger charge is -2.31. The third-order valence-electron chi connectivity index (χ3n) is 2.94. The Morgan fingerprint density at radius 1 is 1.21 bits per heavy atom. The van der Waals surface area contributed by atoms with Crippen LogP contribution in [-0.4, -0.2) is 49.3 Å². The Labute approximate surface area is 88.5 Å². The Balaban J connectivity index is 3.71. The molecule has 0 aromatic heterocycles. The molecule has 3 heteroatoms. The molecule has 0 saturated heterocycles. The summed E-state index contributed by atoms with van der Waals surface area (Å²) < 4.78 is 0. The Bertz CT molecular complexity index is 125. The van der Waals surface area contributed by atoms with Gasteiger partial charge in [0.15, 0.2) is 0 Å². The standard InChI is InChI=1S/C11H26N2O/c1-5-11(6-2,10-14)12-8-7-9-13(3)4/h12,14H,5-10H2,1-4H3. The van der Waals surface area contributed by atoms with Gasteiger partial charge in [0.1, 0.15) is 0 Å². The van der Waals surface area contributed by atoms with Crippen molar-refractivity contribution < 1.29 is 5.11 Å². The van der Waals surface area contributed by atoms with Crippen molar-refractivity contribution in [1.29, 1.82) is 0 Å². The zero-order valence-corrected chi connectivity index (χ0v) is 10.1. The van der Waals surface area contributed by atoms with Crippen LogP contribution in [0.5, 0.6) is 0 Å². The molecule has 86 valence electrons. The summed E-state index contributed by atoms with van der Waals surface area (Å²) in [6.45, 7) is 6.57. The van der Waals surface area contributed by atoms with Crippen molar-refractivity contribution in [2.75, 3.05) is 33.8 Å². The molecule has 14 heavy (non-hydrogen) atoms. The van der Waals surface area contributed by atoms with Crippen LogP contribution in [0, 0.1) is 0 Å². The van der Waals surface area contributed by atoms with E-state index in [-0.39, 0.29) is 12.1 Å². The molecule has 0 radical (unpaired) electrons. The highest BCUT2D eigenvalue weighted by Crippen LogP contribution is 2.13. The maximum absolute atomic E-state index is 9.31. The van der Waals surface area contributed by atoms with E-state index >= 15 is 0 Å². The van der Waals surface area contributed by atoms with E-state index < -0.39 is 0 Å². The van der Waals surface area contributed by atoms with E-state index in [9.17, 15) is 5.11 Å². The van der Waals surface area contributed by atoms with Gasteiger partial charge in [0, 0.05) is 5.54 Å². The topological polar surface area (TPSA) is 35.5 Å². The number of nitrogens with zero attached hydrogens (tertiary/aromatic N) is 1. The first-order chi connectivity index (χ1) is 6.60. The molecule has 0 fully saturated rings. The van der Waals surface area contributed by atoms with Gasteiger partial charge in [0.25, 0.3) is 0 Å². The lowest BCUT2D eigenvalue weighted by molar-refractivity contribution is 0.150. The lowest BCUT2D eigenvalue weighted by Crippen LogP contribution is -2.48. The summed E-state index contributed by atoms with van der Waals surface area (Å²) in [5.41, 5.74) is -0.0493. The monoisotopic (exact) mass is 202 g/mol. The molecule has 0 atom stereocenters. The van der Waals surface area contributed by atoms with Crippen LogP contribution in [0.25, 0.3) is 0 Å². The van der Waals surface area contributed by atoms with E-state index in [1.165, 1.54) is 0 Å². The van der Waals surface area contributed by atoms with Gasteiger partial charge in [-0.3, -0.25) is 0 Å². The molecule has 0 aromatic rings. The molecule has 0 aromatic carbocycles. The van der Waals surface area contributed by atoms with E-state index in [4.69, 9.17) is 0 Å². The van der Waals surface area contributed by atoms with Gasteiger partial charge < -0.3 is 15.3 Å². The second-order valence-corrected chi connectivity index (χ2v) is 4.23. The molecule has 0 aliphatic carbocycles. The summed E-state index contributed by atoms with van der Waals surface area (Å²) in [4.78, 5) is 2.18. The molecule has 0 saturated carbocycles. The smallest absolute Gasteiger partial charge is 0.0613 e. The minimum absolute atomic E-state index is 0.0493. The van der Waals surface area contributed by atoms with Crippen molar-refractivity contribution in [1.82, 2.24) is 10.2 Å². The van der Waals surface area contributed by atoms with Gasteiger partial charge in [-0.25, -0.2) is 0 Å². The highest BCUT2D eigenvalue weighted by Gasteiger charge is 2.23. The summed E-state index contributed by atoms with van der Waals surface area (Å²) in [5.74, 6) is 0. The quantitative estimate of drug-likeness (QED) is 0.578. The molecule has 0 aliphatic rings. The number of rotatable bonds is 8. The molecule has 0 aliphatic heterocycles. The normalized spacial score (nSPS) is 12.4. The second-order valence-electron chi connectivity index (χ2n) is 4.23. The molecule has 0 unspecified atom stereocenters. The predicted octanol–water partition coefficient (Wildman–Crippen LogP) is 1.08. The molecular weight excluding hydrogens is 176 g/mol. The van der Waals surface area contributed by atoms with Crippen LogP contribution in [0.15, 0.2) is 0 Å². The second kappa shape index (κ2) is 7.21. The summed E-state index contributed by atoms with van der Waals surface area (Å²) in [6.07, 6.45) is 3.11. The summed E-state index contributed by atoms with van der Waals surface area (Å²) in [5, 5.41) is 12.8. The highest BCUT2D eigenvalue weighted by molar-refractivity contribution is 4.84. The number of hydrogen-bond acceptors (Lipinski definition) is 3. The van der Waals surface area contributed by atoms with Crippen molar-refractivity contribution in [2.24, 2.45) is 0 Å². The molecule has 2 N–H and O–H groups in total. The Morgan fingerprint density at radius 2 is 1.79 bits per heavy atom. The van der Waals surface area contributed by atoms with E-state index in [1.54, 1.807) is 0 Å². The Hall–Kier alpha value is -0.120. The van der Waals surface area contributed by atoms with E-state index in [0.717, 1.165) is 32.4 Å². The number of hydrogen-bond donors (Lipinski definition) is 2. The van der Waals surface area contributed by atoms with Crippen LogP contribution in [0.2, 0.25) is 0 Å². The largest absolute Gasteiger partial charge is 0.394 e. The summed E-state index contributed by atoms with van der Waals surface area (Å²) in [7, 11) is 4.16. The maximum Gasteiger partial charge on any atom is 0.0613 e. The van der Waals surface area contributed by atoms with Crippen molar-refractivity contribution in [3.8, 4) is 0 Å². The first-order valence-corrected chi connectivity index (χ1v) is 5.61. The zero-order valence-electron chi connectivity index (χ0n) is 10.1. The fraction of sp³-hybridized carbons (Fsp3) is 1.00. The fourth-order valence-corrected chi connectivity index (χ4v) is 1.53. The molecule has 0 rings (SSSR count). The number of aliphatic hydroxyl groups is 1. The average Bonchev–Trinajstić information content (AvgIpc) is 2.19. The molecule has 3 nitrogen and oxygen atoms in total. The van der Waals surface area contributed by atoms with Gasteiger partial charge in [-0.05, 0) is 46.4 Å². The van der Waals surface area contributed by atoms with Crippen molar-refractivity contribution in [3.05, 3.63) is 0 Å². The summed E-state index contributed by atoms with van der Waals surface area (Å²) >= 11 is 0. The van der Waals surface area contributed by atoms with Crippen molar-refractivity contribution in [3.63, 3.8) is 0 Å². The average molecular weight is 202 g/mol. The maximum atomic E-state index is 9.31. The summed E-state index contributed by atoms with van der Waals surface area (Å²) in [6, 6.07) is 0. The van der Waals surface area contributed by atoms with E-state index in [0.29, 0.717) is 0 Å². The minimum Gasteiger partial charge on any atom is -0.394 e. The van der Waals surface area contributed by atoms with E-state index in [2.05, 4.69) is 38.2 Å². The third-order valence-corrected chi connectivity index (χ3v) is 2.94. The molecule has 0 bridgehead atoms.